The Morgan fingerprint density at radius 1 is 1.43 bits per heavy atom. The number of hydrogen-bond acceptors (Lipinski definition) is 5. The molecule has 2 amide bonds. The van der Waals surface area contributed by atoms with Crippen LogP contribution in [-0.4, -0.2) is 42.1 Å². The van der Waals surface area contributed by atoms with Crippen molar-refractivity contribution in [2.75, 3.05) is 20.2 Å². The van der Waals surface area contributed by atoms with E-state index in [0.29, 0.717) is 19.0 Å². The molecule has 23 heavy (non-hydrogen) atoms. The Hall–Kier alpha value is -1.63. The number of aromatic nitrogens is 1. The molecule has 1 aliphatic heterocycles. The van der Waals surface area contributed by atoms with Crippen molar-refractivity contribution < 1.29 is 14.3 Å². The fourth-order valence-corrected chi connectivity index (χ4v) is 4.00. The number of ether oxygens (including phenoxy) is 1. The van der Waals surface area contributed by atoms with Crippen LogP contribution in [-0.2, 0) is 9.53 Å². The first-order valence-corrected chi connectivity index (χ1v) is 8.95. The summed E-state index contributed by atoms with van der Waals surface area (Å²) in [5, 5.41) is 4.19. The Morgan fingerprint density at radius 2 is 2.22 bits per heavy atom. The summed E-state index contributed by atoms with van der Waals surface area (Å²) in [5.41, 5.74) is 0. The van der Waals surface area contributed by atoms with Gasteiger partial charge in [-0.2, -0.15) is 0 Å². The molecule has 2 aliphatic rings. The third-order valence-electron chi connectivity index (χ3n) is 4.52. The summed E-state index contributed by atoms with van der Waals surface area (Å²) in [5.74, 6) is 0.373. The zero-order valence-electron chi connectivity index (χ0n) is 13.6. The summed E-state index contributed by atoms with van der Waals surface area (Å²) in [4.78, 5) is 31.6. The van der Waals surface area contributed by atoms with Crippen LogP contribution in [0.15, 0.2) is 6.20 Å². The molecule has 1 saturated carbocycles. The van der Waals surface area contributed by atoms with Crippen LogP contribution < -0.4 is 5.32 Å². The minimum atomic E-state index is -0.350. The average molecular weight is 337 g/mol. The lowest BCUT2D eigenvalue weighted by Crippen LogP contribution is -2.46. The lowest BCUT2D eigenvalue weighted by molar-refractivity contribution is -0.127. The highest BCUT2D eigenvalue weighted by Gasteiger charge is 2.37. The van der Waals surface area contributed by atoms with E-state index in [1.807, 2.05) is 13.1 Å². The van der Waals surface area contributed by atoms with E-state index >= 15 is 0 Å². The monoisotopic (exact) mass is 337 g/mol. The maximum atomic E-state index is 12.7. The quantitative estimate of drug-likeness (QED) is 0.916. The molecule has 0 spiro atoms. The van der Waals surface area contributed by atoms with Gasteiger partial charge >= 0.3 is 6.09 Å². The first-order chi connectivity index (χ1) is 11.1. The van der Waals surface area contributed by atoms with Gasteiger partial charge in [0.15, 0.2) is 0 Å². The molecule has 2 heterocycles. The van der Waals surface area contributed by atoms with Gasteiger partial charge in [0.25, 0.3) is 0 Å². The van der Waals surface area contributed by atoms with Crippen molar-refractivity contribution in [3.8, 4) is 0 Å². The number of thiazole rings is 1. The zero-order valence-corrected chi connectivity index (χ0v) is 14.4. The Bertz CT molecular complexity index is 585. The Kier molecular flexibility index (Phi) is 4.84. The maximum Gasteiger partial charge on any atom is 0.409 e. The predicted octanol–water partition coefficient (Wildman–Crippen LogP) is 2.50. The molecule has 0 unspecified atom stereocenters. The van der Waals surface area contributed by atoms with Crippen molar-refractivity contribution >= 4 is 23.3 Å². The van der Waals surface area contributed by atoms with Gasteiger partial charge in [-0.25, -0.2) is 9.78 Å². The summed E-state index contributed by atoms with van der Waals surface area (Å²) in [7, 11) is 1.37. The van der Waals surface area contributed by atoms with Gasteiger partial charge in [0.1, 0.15) is 5.01 Å². The van der Waals surface area contributed by atoms with Crippen molar-refractivity contribution in [2.45, 2.75) is 38.6 Å². The number of rotatable bonds is 4. The highest BCUT2D eigenvalue weighted by molar-refractivity contribution is 7.11. The van der Waals surface area contributed by atoms with Gasteiger partial charge in [-0.05, 0) is 38.5 Å². The zero-order chi connectivity index (χ0) is 16.4. The van der Waals surface area contributed by atoms with E-state index < -0.39 is 0 Å². The summed E-state index contributed by atoms with van der Waals surface area (Å²) in [6, 6.07) is 0.0229. The lowest BCUT2D eigenvalue weighted by Gasteiger charge is -2.31. The van der Waals surface area contributed by atoms with Gasteiger partial charge in [0.2, 0.25) is 5.91 Å². The fourth-order valence-electron chi connectivity index (χ4n) is 3.08. The molecule has 1 saturated heterocycles. The van der Waals surface area contributed by atoms with Crippen molar-refractivity contribution in [1.29, 1.82) is 0 Å². The predicted molar refractivity (Wildman–Crippen MR) is 87.2 cm³/mol. The van der Waals surface area contributed by atoms with Crippen LogP contribution in [0.4, 0.5) is 4.79 Å². The van der Waals surface area contributed by atoms with Crippen LogP contribution in [0.5, 0.6) is 0 Å². The molecule has 3 rings (SSSR count). The van der Waals surface area contributed by atoms with Crippen LogP contribution in [0.2, 0.25) is 0 Å². The van der Waals surface area contributed by atoms with E-state index in [-0.39, 0.29) is 24.0 Å². The van der Waals surface area contributed by atoms with Crippen LogP contribution in [0, 0.1) is 18.8 Å². The van der Waals surface area contributed by atoms with Crippen LogP contribution >= 0.6 is 11.3 Å². The number of hydrogen-bond donors (Lipinski definition) is 1. The van der Waals surface area contributed by atoms with Gasteiger partial charge in [-0.1, -0.05) is 0 Å². The number of methoxy groups -OCH3 is 1. The van der Waals surface area contributed by atoms with Crippen LogP contribution in [0.3, 0.4) is 0 Å². The van der Waals surface area contributed by atoms with Gasteiger partial charge in [-0.15, -0.1) is 11.3 Å². The van der Waals surface area contributed by atoms with Crippen molar-refractivity contribution in [3.05, 3.63) is 16.1 Å². The molecule has 1 aliphatic carbocycles. The van der Waals surface area contributed by atoms with E-state index in [4.69, 9.17) is 4.74 Å². The number of aryl methyl sites for hydroxylation is 1. The SMILES string of the molecule is COC(=O)N1CCC[C@H](C(=O)N[C@@H](c2ncc(C)s2)C2CC2)C1. The lowest BCUT2D eigenvalue weighted by atomic mass is 9.97. The molecule has 1 aromatic heterocycles. The average Bonchev–Trinajstić information content (AvgIpc) is 3.32. The second kappa shape index (κ2) is 6.86. The second-order valence-corrected chi connectivity index (χ2v) is 7.65. The van der Waals surface area contributed by atoms with Crippen LogP contribution in [0.1, 0.15) is 41.6 Å². The molecule has 2 atom stereocenters. The number of nitrogens with zero attached hydrogens (tertiary/aromatic N) is 2. The van der Waals surface area contributed by atoms with Gasteiger partial charge in [-0.3, -0.25) is 4.79 Å². The van der Waals surface area contributed by atoms with Crippen molar-refractivity contribution in [2.24, 2.45) is 11.8 Å². The molecule has 126 valence electrons. The van der Waals surface area contributed by atoms with Gasteiger partial charge in [0, 0.05) is 24.2 Å². The normalized spacial score (nSPS) is 22.5. The standard InChI is InChI=1S/C16H23N3O3S/c1-10-8-17-15(23-10)13(11-5-6-11)18-14(20)12-4-3-7-19(9-12)16(21)22-2/h8,11-13H,3-7,9H2,1-2H3,(H,18,20)/t12-,13+/m0/s1. The molecule has 1 aromatic rings. The molecule has 2 fully saturated rings. The number of piperidine rings is 1. The molecule has 0 bridgehead atoms. The van der Waals surface area contributed by atoms with Crippen LogP contribution in [0.25, 0.3) is 0 Å². The summed E-state index contributed by atoms with van der Waals surface area (Å²) in [6.07, 6.45) is 5.44. The number of nitrogens with one attached hydrogen (secondary N) is 1. The molecular formula is C16H23N3O3S. The molecule has 7 heteroatoms. The summed E-state index contributed by atoms with van der Waals surface area (Å²) >= 11 is 1.65. The molecular weight excluding hydrogens is 314 g/mol. The molecule has 1 N–H and O–H groups in total. The summed E-state index contributed by atoms with van der Waals surface area (Å²) in [6.45, 7) is 3.13. The topological polar surface area (TPSA) is 71.5 Å². The summed E-state index contributed by atoms with van der Waals surface area (Å²) < 4.78 is 4.77. The van der Waals surface area contributed by atoms with Gasteiger partial charge < -0.3 is 15.0 Å². The first-order valence-electron chi connectivity index (χ1n) is 8.14. The van der Waals surface area contributed by atoms with E-state index in [0.717, 1.165) is 35.6 Å². The first kappa shape index (κ1) is 16.2. The third-order valence-corrected chi connectivity index (χ3v) is 5.52. The van der Waals surface area contributed by atoms with E-state index in [9.17, 15) is 9.59 Å². The third kappa shape index (κ3) is 3.83. The second-order valence-electron chi connectivity index (χ2n) is 6.39. The minimum absolute atomic E-state index is 0.0229. The fraction of sp³-hybridized carbons (Fsp3) is 0.688. The highest BCUT2D eigenvalue weighted by atomic mass is 32.1. The number of amides is 2. The molecule has 0 radical (unpaired) electrons. The molecule has 6 nitrogen and oxygen atoms in total. The number of carbonyl (C=O) groups excluding carboxylic acids is 2. The van der Waals surface area contributed by atoms with Gasteiger partial charge in [0.05, 0.1) is 19.1 Å². The highest BCUT2D eigenvalue weighted by Crippen LogP contribution is 2.42. The molecule has 0 aromatic carbocycles. The largest absolute Gasteiger partial charge is 0.453 e. The van der Waals surface area contributed by atoms with Crippen molar-refractivity contribution in [1.82, 2.24) is 15.2 Å². The minimum Gasteiger partial charge on any atom is -0.453 e. The van der Waals surface area contributed by atoms with E-state index in [2.05, 4.69) is 10.3 Å². The van der Waals surface area contributed by atoms with Crippen molar-refractivity contribution in [3.63, 3.8) is 0 Å². The smallest absolute Gasteiger partial charge is 0.409 e. The Balaban J connectivity index is 1.63. The van der Waals surface area contributed by atoms with E-state index in [1.165, 1.54) is 7.11 Å². The number of carbonyl (C=O) groups is 2. The Labute approximate surface area is 140 Å². The number of likely N-dealkylation sites (tertiary alicyclic amines) is 1. The maximum absolute atomic E-state index is 12.7. The van der Waals surface area contributed by atoms with E-state index in [1.54, 1.807) is 16.2 Å². The Morgan fingerprint density at radius 3 is 2.83 bits per heavy atom.